The van der Waals surface area contributed by atoms with Gasteiger partial charge in [-0.1, -0.05) is 11.8 Å². The Morgan fingerprint density at radius 1 is 1.70 bits per heavy atom. The molecule has 0 heterocycles. The number of aliphatic hydroxyl groups excluding tert-OH is 1. The van der Waals surface area contributed by atoms with E-state index in [-0.39, 0.29) is 6.61 Å². The molecule has 10 heavy (non-hydrogen) atoms. The second kappa shape index (κ2) is 6.34. The van der Waals surface area contributed by atoms with E-state index in [1.165, 1.54) is 0 Å². The van der Waals surface area contributed by atoms with Gasteiger partial charge in [-0.3, -0.25) is 0 Å². The van der Waals surface area contributed by atoms with Gasteiger partial charge < -0.3 is 9.84 Å². The fourth-order valence-electron chi connectivity index (χ4n) is 0.436. The van der Waals surface area contributed by atoms with E-state index in [0.29, 0.717) is 6.61 Å². The number of hydrogen-bond acceptors (Lipinski definition) is 2. The number of allylic oxidation sites excluding steroid dienone is 1. The van der Waals surface area contributed by atoms with Crippen LogP contribution in [0.2, 0.25) is 0 Å². The van der Waals surface area contributed by atoms with Crippen molar-refractivity contribution in [3.63, 3.8) is 0 Å². The first-order valence-electron chi connectivity index (χ1n) is 3.06. The van der Waals surface area contributed by atoms with Crippen LogP contribution in [-0.2, 0) is 4.74 Å². The highest BCUT2D eigenvalue weighted by atomic mass is 16.5. The quantitative estimate of drug-likeness (QED) is 0.568. The van der Waals surface area contributed by atoms with Crippen LogP contribution in [0.4, 0.5) is 0 Å². The third-order valence-corrected chi connectivity index (χ3v) is 0.900. The van der Waals surface area contributed by atoms with Crippen LogP contribution < -0.4 is 0 Å². The van der Waals surface area contributed by atoms with Crippen molar-refractivity contribution in [1.29, 1.82) is 0 Å². The molecule has 0 saturated carbocycles. The predicted molar refractivity (Wildman–Crippen MR) is 40.5 cm³/mol. The van der Waals surface area contributed by atoms with E-state index < -0.39 is 0 Å². The van der Waals surface area contributed by atoms with Gasteiger partial charge in [-0.2, -0.15) is 0 Å². The van der Waals surface area contributed by atoms with Gasteiger partial charge in [0.15, 0.2) is 0 Å². The molecule has 0 amide bonds. The third kappa shape index (κ3) is 5.36. The Bertz CT molecular complexity index is 160. The number of ether oxygens (including phenoxy) is 1. The molecule has 0 fully saturated rings. The van der Waals surface area contributed by atoms with Crippen LogP contribution in [0.3, 0.4) is 0 Å². The zero-order chi connectivity index (χ0) is 7.82. The van der Waals surface area contributed by atoms with Crippen LogP contribution in [0.1, 0.15) is 6.92 Å². The Morgan fingerprint density at radius 3 is 2.90 bits per heavy atom. The number of hydrogen-bond donors (Lipinski definition) is 1. The van der Waals surface area contributed by atoms with Crippen LogP contribution in [0, 0.1) is 11.8 Å². The first kappa shape index (κ1) is 9.22. The summed E-state index contributed by atoms with van der Waals surface area (Å²) in [6, 6.07) is 0. The minimum atomic E-state index is 0.0491. The first-order valence-corrected chi connectivity index (χ1v) is 3.06. The molecule has 0 rings (SSSR count). The number of aliphatic hydroxyl groups is 1. The highest BCUT2D eigenvalue weighted by molar-refractivity contribution is 5.26. The monoisotopic (exact) mass is 140 g/mol. The third-order valence-electron chi connectivity index (χ3n) is 0.900. The van der Waals surface area contributed by atoms with Crippen LogP contribution in [0.5, 0.6) is 0 Å². The Morgan fingerprint density at radius 2 is 2.40 bits per heavy atom. The zero-order valence-electron chi connectivity index (χ0n) is 6.35. The lowest BCUT2D eigenvalue weighted by molar-refractivity contribution is 0.240. The van der Waals surface area contributed by atoms with Gasteiger partial charge in [0.05, 0.1) is 6.61 Å². The molecular formula is C8H12O2. The van der Waals surface area contributed by atoms with Gasteiger partial charge in [0.2, 0.25) is 0 Å². The summed E-state index contributed by atoms with van der Waals surface area (Å²) in [6.45, 7) is 2.34. The lowest BCUT2D eigenvalue weighted by Crippen LogP contribution is -1.82. The molecule has 0 bridgehead atoms. The van der Waals surface area contributed by atoms with Crippen molar-refractivity contribution >= 4 is 0 Å². The Kier molecular flexibility index (Phi) is 5.85. The second-order valence-electron chi connectivity index (χ2n) is 1.80. The molecule has 0 radical (unpaired) electrons. The second-order valence-corrected chi connectivity index (χ2v) is 1.80. The van der Waals surface area contributed by atoms with E-state index in [4.69, 9.17) is 9.84 Å². The van der Waals surface area contributed by atoms with E-state index in [1.54, 1.807) is 13.2 Å². The van der Waals surface area contributed by atoms with Gasteiger partial charge in [0.25, 0.3) is 0 Å². The molecule has 2 nitrogen and oxygen atoms in total. The molecule has 0 saturated heterocycles. The Labute approximate surface area is 61.5 Å². The van der Waals surface area contributed by atoms with Crippen LogP contribution in [0.25, 0.3) is 0 Å². The summed E-state index contributed by atoms with van der Waals surface area (Å²) in [4.78, 5) is 0. The topological polar surface area (TPSA) is 29.5 Å². The fourth-order valence-corrected chi connectivity index (χ4v) is 0.436. The maximum Gasteiger partial charge on any atom is 0.107 e. The van der Waals surface area contributed by atoms with Gasteiger partial charge in [-0.25, -0.2) is 0 Å². The largest absolute Gasteiger partial charge is 0.392 e. The fraction of sp³-hybridized carbons (Fsp3) is 0.500. The maximum absolute atomic E-state index is 8.42. The van der Waals surface area contributed by atoms with E-state index in [1.807, 2.05) is 6.92 Å². The lowest BCUT2D eigenvalue weighted by atomic mass is 10.3. The molecule has 0 unspecified atom stereocenters. The molecule has 0 spiro atoms. The van der Waals surface area contributed by atoms with Gasteiger partial charge >= 0.3 is 0 Å². The molecule has 56 valence electrons. The number of methoxy groups -OCH3 is 1. The normalized spacial score (nSPS) is 10.5. The highest BCUT2D eigenvalue weighted by Gasteiger charge is 1.76. The van der Waals surface area contributed by atoms with Crippen molar-refractivity contribution in [3.05, 3.63) is 11.6 Å². The average molecular weight is 140 g/mol. The van der Waals surface area contributed by atoms with Gasteiger partial charge in [0.1, 0.15) is 6.61 Å². The Hall–Kier alpha value is -0.780. The summed E-state index contributed by atoms with van der Waals surface area (Å²) in [6.07, 6.45) is 1.66. The van der Waals surface area contributed by atoms with Crippen LogP contribution in [0.15, 0.2) is 11.6 Å². The van der Waals surface area contributed by atoms with E-state index in [9.17, 15) is 0 Å². The van der Waals surface area contributed by atoms with E-state index in [0.717, 1.165) is 5.57 Å². The van der Waals surface area contributed by atoms with Gasteiger partial charge in [-0.05, 0) is 18.6 Å². The molecule has 0 aromatic rings. The van der Waals surface area contributed by atoms with Crippen LogP contribution >= 0.6 is 0 Å². The Balaban J connectivity index is 3.68. The summed E-state index contributed by atoms with van der Waals surface area (Å²) >= 11 is 0. The van der Waals surface area contributed by atoms with Crippen LogP contribution in [-0.4, -0.2) is 25.4 Å². The van der Waals surface area contributed by atoms with Crippen molar-refractivity contribution in [2.45, 2.75) is 6.92 Å². The summed E-state index contributed by atoms with van der Waals surface area (Å²) < 4.78 is 4.71. The first-order chi connectivity index (χ1) is 4.81. The zero-order valence-corrected chi connectivity index (χ0v) is 6.35. The molecule has 0 aliphatic rings. The van der Waals surface area contributed by atoms with Crippen molar-refractivity contribution in [2.24, 2.45) is 0 Å². The SMILES string of the molecule is COCC#C/C(C)=C/CO. The molecule has 0 aliphatic carbocycles. The van der Waals surface area contributed by atoms with E-state index >= 15 is 0 Å². The smallest absolute Gasteiger partial charge is 0.107 e. The minimum absolute atomic E-state index is 0.0491. The molecule has 0 aliphatic heterocycles. The molecular weight excluding hydrogens is 128 g/mol. The average Bonchev–Trinajstić information content (AvgIpc) is 1.89. The number of rotatable bonds is 2. The predicted octanol–water partition coefficient (Wildman–Crippen LogP) is 0.575. The summed E-state index contributed by atoms with van der Waals surface area (Å²) in [7, 11) is 1.60. The van der Waals surface area contributed by atoms with Crippen molar-refractivity contribution < 1.29 is 9.84 Å². The maximum atomic E-state index is 8.42. The summed E-state index contributed by atoms with van der Waals surface area (Å²) in [5, 5.41) is 8.42. The molecule has 1 N–H and O–H groups in total. The highest BCUT2D eigenvalue weighted by Crippen LogP contribution is 1.86. The molecule has 0 atom stereocenters. The summed E-state index contributed by atoms with van der Waals surface area (Å²) in [5.41, 5.74) is 0.875. The lowest BCUT2D eigenvalue weighted by Gasteiger charge is -1.85. The standard InChI is InChI=1S/C8H12O2/c1-8(5-6-9)4-3-7-10-2/h5,9H,6-7H2,1-2H3/b8-5+. The van der Waals surface area contributed by atoms with E-state index in [2.05, 4.69) is 11.8 Å². The molecule has 2 heteroatoms. The summed E-state index contributed by atoms with van der Waals surface area (Å²) in [5.74, 6) is 5.58. The molecule has 0 aromatic heterocycles. The van der Waals surface area contributed by atoms with Crippen molar-refractivity contribution in [3.8, 4) is 11.8 Å². The molecule has 0 aromatic carbocycles. The van der Waals surface area contributed by atoms with Crippen molar-refractivity contribution in [1.82, 2.24) is 0 Å². The minimum Gasteiger partial charge on any atom is -0.392 e. The van der Waals surface area contributed by atoms with Gasteiger partial charge in [0, 0.05) is 7.11 Å². The van der Waals surface area contributed by atoms with Crippen molar-refractivity contribution in [2.75, 3.05) is 20.3 Å². The van der Waals surface area contributed by atoms with Gasteiger partial charge in [-0.15, -0.1) is 0 Å².